The summed E-state index contributed by atoms with van der Waals surface area (Å²) in [7, 11) is 0. The number of hydrogen-bond acceptors (Lipinski definition) is 5. The van der Waals surface area contributed by atoms with Crippen molar-refractivity contribution in [2.24, 2.45) is 0 Å². The van der Waals surface area contributed by atoms with Gasteiger partial charge in [0.25, 0.3) is 0 Å². The van der Waals surface area contributed by atoms with E-state index >= 15 is 0 Å². The lowest BCUT2D eigenvalue weighted by molar-refractivity contribution is -0.223. The maximum Gasteiger partial charge on any atom is 0.165 e. The molecular weight excluding hydrogens is 330 g/mol. The van der Waals surface area contributed by atoms with Gasteiger partial charge in [0.2, 0.25) is 0 Å². The standard InChI is InChI=1S/C17H20ClN3O3/c1-6-16(4)17(5)11(22-15(2,3)24-17)14(23-16)21-8-7-10-12(18)19-9-20-13(10)21/h6-9,11,14H,1H2,2-5H3/t11-,14+,16+,17-/m0/s1. The van der Waals surface area contributed by atoms with Crippen LogP contribution in [0.25, 0.3) is 11.0 Å². The van der Waals surface area contributed by atoms with E-state index in [2.05, 4.69) is 16.5 Å². The van der Waals surface area contributed by atoms with E-state index in [1.165, 1.54) is 6.33 Å². The second kappa shape index (κ2) is 4.79. The minimum Gasteiger partial charge on any atom is -0.342 e. The minimum absolute atomic E-state index is 0.320. The van der Waals surface area contributed by atoms with Gasteiger partial charge in [-0.1, -0.05) is 17.7 Å². The number of halogens is 1. The van der Waals surface area contributed by atoms with Crippen molar-refractivity contribution in [2.45, 2.75) is 57.0 Å². The molecule has 4 atom stereocenters. The molecule has 2 aromatic heterocycles. The maximum absolute atomic E-state index is 6.35. The summed E-state index contributed by atoms with van der Waals surface area (Å²) in [6, 6.07) is 1.88. The van der Waals surface area contributed by atoms with E-state index < -0.39 is 23.2 Å². The predicted molar refractivity (Wildman–Crippen MR) is 89.7 cm³/mol. The van der Waals surface area contributed by atoms with Crippen molar-refractivity contribution in [3.8, 4) is 0 Å². The second-order valence-corrected chi connectivity index (χ2v) is 7.45. The molecule has 0 aromatic carbocycles. The van der Waals surface area contributed by atoms with Crippen LogP contribution in [-0.2, 0) is 14.2 Å². The van der Waals surface area contributed by atoms with E-state index in [1.807, 2.05) is 44.5 Å². The Morgan fingerprint density at radius 2 is 2.00 bits per heavy atom. The second-order valence-electron chi connectivity index (χ2n) is 7.09. The Hall–Kier alpha value is -1.47. The third kappa shape index (κ3) is 1.94. The molecule has 128 valence electrons. The highest BCUT2D eigenvalue weighted by Crippen LogP contribution is 2.55. The van der Waals surface area contributed by atoms with Crippen molar-refractivity contribution in [3.05, 3.63) is 36.4 Å². The fourth-order valence-corrected chi connectivity index (χ4v) is 3.94. The van der Waals surface area contributed by atoms with E-state index in [0.29, 0.717) is 10.8 Å². The van der Waals surface area contributed by atoms with Crippen molar-refractivity contribution in [1.82, 2.24) is 14.5 Å². The highest BCUT2D eigenvalue weighted by Gasteiger charge is 2.68. The largest absolute Gasteiger partial charge is 0.342 e. The minimum atomic E-state index is -0.707. The molecule has 2 saturated heterocycles. The monoisotopic (exact) mass is 349 g/mol. The molecule has 2 aliphatic rings. The van der Waals surface area contributed by atoms with Gasteiger partial charge in [0, 0.05) is 6.20 Å². The normalized spacial score (nSPS) is 37.7. The van der Waals surface area contributed by atoms with Crippen LogP contribution < -0.4 is 0 Å². The fourth-order valence-electron chi connectivity index (χ4n) is 3.75. The fraction of sp³-hybridized carbons (Fsp3) is 0.529. The van der Waals surface area contributed by atoms with Crippen LogP contribution in [0, 0.1) is 0 Å². The Balaban J connectivity index is 1.87. The molecule has 0 unspecified atom stereocenters. The van der Waals surface area contributed by atoms with Gasteiger partial charge in [-0.25, -0.2) is 9.97 Å². The molecule has 2 aliphatic heterocycles. The van der Waals surface area contributed by atoms with E-state index in [0.717, 1.165) is 5.39 Å². The summed E-state index contributed by atoms with van der Waals surface area (Å²) in [5.74, 6) is -0.707. The van der Waals surface area contributed by atoms with E-state index in [1.54, 1.807) is 6.08 Å². The Bertz CT molecular complexity index is 836. The third-order valence-corrected chi connectivity index (χ3v) is 5.45. The Morgan fingerprint density at radius 3 is 2.71 bits per heavy atom. The molecule has 4 rings (SSSR count). The molecule has 0 radical (unpaired) electrons. The predicted octanol–water partition coefficient (Wildman–Crippen LogP) is 3.47. The SMILES string of the molecule is C=C[C@@]1(C)O[C@@H](n2ccc3c(Cl)ncnc32)[C@@H]2OC(C)(C)O[C@@]21C. The lowest BCUT2D eigenvalue weighted by Crippen LogP contribution is -2.50. The summed E-state index contributed by atoms with van der Waals surface area (Å²) in [5, 5.41) is 1.18. The van der Waals surface area contributed by atoms with Gasteiger partial charge in [0.15, 0.2) is 12.0 Å². The average molecular weight is 350 g/mol. The first-order valence-electron chi connectivity index (χ1n) is 7.87. The number of rotatable bonds is 2. The molecule has 6 nitrogen and oxygen atoms in total. The summed E-state index contributed by atoms with van der Waals surface area (Å²) in [5.41, 5.74) is -0.677. The van der Waals surface area contributed by atoms with Crippen LogP contribution in [0.5, 0.6) is 0 Å². The molecule has 0 N–H and O–H groups in total. The van der Waals surface area contributed by atoms with E-state index in [4.69, 9.17) is 25.8 Å². The quantitative estimate of drug-likeness (QED) is 0.613. The van der Waals surface area contributed by atoms with Gasteiger partial charge in [0.1, 0.15) is 34.4 Å². The van der Waals surface area contributed by atoms with Gasteiger partial charge in [-0.2, -0.15) is 0 Å². The van der Waals surface area contributed by atoms with Crippen LogP contribution in [-0.4, -0.2) is 37.6 Å². The smallest absolute Gasteiger partial charge is 0.165 e. The van der Waals surface area contributed by atoms with Crippen molar-refractivity contribution >= 4 is 22.6 Å². The lowest BCUT2D eigenvalue weighted by Gasteiger charge is -2.35. The number of nitrogens with zero attached hydrogens (tertiary/aromatic N) is 3. The molecule has 4 heterocycles. The summed E-state index contributed by atoms with van der Waals surface area (Å²) >= 11 is 6.17. The number of ether oxygens (including phenoxy) is 3. The topological polar surface area (TPSA) is 58.4 Å². The van der Waals surface area contributed by atoms with Gasteiger partial charge in [-0.05, 0) is 33.8 Å². The first kappa shape index (κ1) is 16.0. The summed E-state index contributed by atoms with van der Waals surface area (Å²) < 4.78 is 20.7. The van der Waals surface area contributed by atoms with E-state index in [9.17, 15) is 0 Å². The zero-order chi connectivity index (χ0) is 17.3. The molecule has 0 saturated carbocycles. The van der Waals surface area contributed by atoms with Crippen LogP contribution in [0.2, 0.25) is 5.15 Å². The van der Waals surface area contributed by atoms with Gasteiger partial charge in [0.05, 0.1) is 5.39 Å². The molecule has 0 amide bonds. The Labute approximate surface area is 145 Å². The summed E-state index contributed by atoms with van der Waals surface area (Å²) in [6.07, 6.45) is 4.37. The van der Waals surface area contributed by atoms with Gasteiger partial charge in [-0.15, -0.1) is 6.58 Å². The van der Waals surface area contributed by atoms with Gasteiger partial charge >= 0.3 is 0 Å². The molecule has 7 heteroatoms. The highest BCUT2D eigenvalue weighted by atomic mass is 35.5. The lowest BCUT2D eigenvalue weighted by atomic mass is 9.83. The van der Waals surface area contributed by atoms with Crippen LogP contribution in [0.4, 0.5) is 0 Å². The highest BCUT2D eigenvalue weighted by molar-refractivity contribution is 6.33. The van der Waals surface area contributed by atoms with Gasteiger partial charge in [-0.3, -0.25) is 0 Å². The first-order chi connectivity index (χ1) is 11.2. The first-order valence-corrected chi connectivity index (χ1v) is 8.25. The zero-order valence-electron chi connectivity index (χ0n) is 14.1. The summed E-state index contributed by atoms with van der Waals surface area (Å²) in [4.78, 5) is 8.38. The maximum atomic E-state index is 6.35. The van der Waals surface area contributed by atoms with Crippen molar-refractivity contribution in [2.75, 3.05) is 0 Å². The summed E-state index contributed by atoms with van der Waals surface area (Å²) in [6.45, 7) is 11.7. The third-order valence-electron chi connectivity index (χ3n) is 5.15. The van der Waals surface area contributed by atoms with Crippen LogP contribution in [0.3, 0.4) is 0 Å². The van der Waals surface area contributed by atoms with Gasteiger partial charge < -0.3 is 18.8 Å². The number of hydrogen-bond donors (Lipinski definition) is 0. The molecule has 0 bridgehead atoms. The molecule has 0 aliphatic carbocycles. The molecule has 24 heavy (non-hydrogen) atoms. The molecule has 2 aromatic rings. The molecule has 2 fully saturated rings. The van der Waals surface area contributed by atoms with E-state index in [-0.39, 0.29) is 6.10 Å². The van der Waals surface area contributed by atoms with Crippen LogP contribution in [0.15, 0.2) is 31.2 Å². The zero-order valence-corrected chi connectivity index (χ0v) is 14.9. The average Bonchev–Trinajstić information content (AvgIpc) is 3.10. The van der Waals surface area contributed by atoms with Crippen molar-refractivity contribution in [3.63, 3.8) is 0 Å². The van der Waals surface area contributed by atoms with Crippen molar-refractivity contribution < 1.29 is 14.2 Å². The Kier molecular flexibility index (Phi) is 3.20. The molecular formula is C17H20ClN3O3. The molecule has 0 spiro atoms. The van der Waals surface area contributed by atoms with Crippen molar-refractivity contribution in [1.29, 1.82) is 0 Å². The number of aromatic nitrogens is 3. The van der Waals surface area contributed by atoms with Crippen LogP contribution in [0.1, 0.15) is 33.9 Å². The van der Waals surface area contributed by atoms with Crippen LogP contribution >= 0.6 is 11.6 Å². The Morgan fingerprint density at radius 1 is 1.25 bits per heavy atom. The number of fused-ring (bicyclic) bond motifs is 2.